The molecule has 7 heteroatoms. The summed E-state index contributed by atoms with van der Waals surface area (Å²) >= 11 is 0. The van der Waals surface area contributed by atoms with Gasteiger partial charge < -0.3 is 9.64 Å². The van der Waals surface area contributed by atoms with Crippen molar-refractivity contribution in [2.45, 2.75) is 38.8 Å². The third-order valence-electron chi connectivity index (χ3n) is 5.24. The number of methoxy groups -OCH3 is 1. The molecule has 30 heavy (non-hydrogen) atoms. The molecule has 2 atom stereocenters. The Hall–Kier alpha value is -3.48. The molecule has 2 aromatic rings. The maximum absolute atomic E-state index is 13.2. The Morgan fingerprint density at radius 1 is 1.03 bits per heavy atom. The monoisotopic (exact) mass is 408 g/mol. The van der Waals surface area contributed by atoms with E-state index >= 15 is 0 Å². The van der Waals surface area contributed by atoms with Gasteiger partial charge in [-0.05, 0) is 37.1 Å². The molecule has 0 aliphatic carbocycles. The Bertz CT molecular complexity index is 973. The largest absolute Gasteiger partial charge is 0.469 e. The molecule has 0 spiro atoms. The fourth-order valence-electron chi connectivity index (χ4n) is 3.91. The molecular formula is C23H24N2O5. The summed E-state index contributed by atoms with van der Waals surface area (Å²) in [6.45, 7) is 3.18. The summed E-state index contributed by atoms with van der Waals surface area (Å²) < 4.78 is 4.58. The number of carbonyl (C=O) groups is 4. The zero-order valence-corrected chi connectivity index (χ0v) is 17.2. The second-order valence-electron chi connectivity index (χ2n) is 7.24. The predicted molar refractivity (Wildman–Crippen MR) is 111 cm³/mol. The van der Waals surface area contributed by atoms with Crippen LogP contribution in [0, 0.1) is 0 Å². The maximum atomic E-state index is 13.2. The van der Waals surface area contributed by atoms with Gasteiger partial charge >= 0.3 is 5.97 Å². The SMILES string of the molecule is COC(=O)CC(=O)N(C(C)=O)C1CC(C)N(C(=O)c2ccccc2)c2ccccc21. The van der Waals surface area contributed by atoms with Crippen molar-refractivity contribution in [3.05, 3.63) is 65.7 Å². The molecule has 0 saturated heterocycles. The Balaban J connectivity index is 2.02. The highest BCUT2D eigenvalue weighted by Gasteiger charge is 2.39. The lowest BCUT2D eigenvalue weighted by atomic mass is 9.89. The van der Waals surface area contributed by atoms with Crippen molar-refractivity contribution in [3.63, 3.8) is 0 Å². The summed E-state index contributed by atoms with van der Waals surface area (Å²) in [6, 6.07) is 15.3. The molecule has 0 saturated carbocycles. The first-order valence-corrected chi connectivity index (χ1v) is 9.72. The first kappa shape index (κ1) is 21.2. The van der Waals surface area contributed by atoms with Crippen molar-refractivity contribution in [3.8, 4) is 0 Å². The third kappa shape index (κ3) is 4.10. The molecule has 0 fully saturated rings. The van der Waals surface area contributed by atoms with E-state index in [0.29, 0.717) is 23.2 Å². The van der Waals surface area contributed by atoms with Crippen LogP contribution >= 0.6 is 0 Å². The molecule has 156 valence electrons. The minimum Gasteiger partial charge on any atom is -0.469 e. The number of rotatable bonds is 4. The Morgan fingerprint density at radius 3 is 2.30 bits per heavy atom. The number of nitrogens with zero attached hydrogens (tertiary/aromatic N) is 2. The molecule has 7 nitrogen and oxygen atoms in total. The lowest BCUT2D eigenvalue weighted by molar-refractivity contribution is -0.152. The van der Waals surface area contributed by atoms with Gasteiger partial charge in [-0.15, -0.1) is 0 Å². The smallest absolute Gasteiger partial charge is 0.315 e. The topological polar surface area (TPSA) is 84.0 Å². The quantitative estimate of drug-likeness (QED) is 0.573. The number of esters is 1. The fraction of sp³-hybridized carbons (Fsp3) is 0.304. The van der Waals surface area contributed by atoms with Gasteiger partial charge in [-0.3, -0.25) is 24.1 Å². The van der Waals surface area contributed by atoms with Gasteiger partial charge in [-0.2, -0.15) is 0 Å². The van der Waals surface area contributed by atoms with Crippen molar-refractivity contribution in [2.75, 3.05) is 12.0 Å². The number of fused-ring (bicyclic) bond motifs is 1. The van der Waals surface area contributed by atoms with Crippen LogP contribution in [0.3, 0.4) is 0 Å². The summed E-state index contributed by atoms with van der Waals surface area (Å²) in [7, 11) is 1.19. The molecule has 1 aliphatic rings. The number of imide groups is 1. The molecule has 3 amide bonds. The Kier molecular flexibility index (Phi) is 6.30. The summed E-state index contributed by atoms with van der Waals surface area (Å²) in [4.78, 5) is 52.7. The lowest BCUT2D eigenvalue weighted by Gasteiger charge is -2.42. The van der Waals surface area contributed by atoms with Crippen LogP contribution in [0.2, 0.25) is 0 Å². The van der Waals surface area contributed by atoms with Crippen molar-refractivity contribution in [1.82, 2.24) is 4.90 Å². The first-order valence-electron chi connectivity index (χ1n) is 9.72. The van der Waals surface area contributed by atoms with Crippen LogP contribution in [0.15, 0.2) is 54.6 Å². The van der Waals surface area contributed by atoms with E-state index < -0.39 is 30.2 Å². The average molecular weight is 408 g/mol. The molecule has 0 N–H and O–H groups in total. The fourth-order valence-corrected chi connectivity index (χ4v) is 3.91. The number of carbonyl (C=O) groups excluding carboxylic acids is 4. The number of hydrogen-bond acceptors (Lipinski definition) is 5. The number of benzene rings is 2. The summed E-state index contributed by atoms with van der Waals surface area (Å²) in [5.41, 5.74) is 1.89. The van der Waals surface area contributed by atoms with Gasteiger partial charge in [0.1, 0.15) is 6.42 Å². The molecule has 1 aliphatic heterocycles. The van der Waals surface area contributed by atoms with E-state index in [0.717, 1.165) is 4.90 Å². The maximum Gasteiger partial charge on any atom is 0.315 e. The lowest BCUT2D eigenvalue weighted by Crippen LogP contribution is -2.49. The van der Waals surface area contributed by atoms with Crippen LogP contribution in [-0.2, 0) is 19.1 Å². The van der Waals surface area contributed by atoms with E-state index in [9.17, 15) is 19.2 Å². The highest BCUT2D eigenvalue weighted by molar-refractivity contribution is 6.08. The average Bonchev–Trinajstić information content (AvgIpc) is 2.73. The zero-order chi connectivity index (χ0) is 21.8. The van der Waals surface area contributed by atoms with Gasteiger partial charge in [0, 0.05) is 24.2 Å². The number of amides is 3. The summed E-state index contributed by atoms with van der Waals surface area (Å²) in [6.07, 6.45) is -0.155. The molecule has 0 radical (unpaired) electrons. The minimum atomic E-state index is -0.704. The molecule has 1 heterocycles. The molecule has 3 rings (SSSR count). The summed E-state index contributed by atoms with van der Waals surface area (Å²) in [5.74, 6) is -1.93. The van der Waals surface area contributed by atoms with Gasteiger partial charge in [-0.25, -0.2) is 0 Å². The van der Waals surface area contributed by atoms with Crippen LogP contribution in [0.5, 0.6) is 0 Å². The van der Waals surface area contributed by atoms with E-state index in [1.807, 2.05) is 25.1 Å². The van der Waals surface area contributed by atoms with E-state index in [4.69, 9.17) is 0 Å². The summed E-state index contributed by atoms with van der Waals surface area (Å²) in [5, 5.41) is 0. The normalized spacial score (nSPS) is 17.6. The van der Waals surface area contributed by atoms with Gasteiger partial charge in [0.2, 0.25) is 11.8 Å². The van der Waals surface area contributed by atoms with Crippen molar-refractivity contribution < 1.29 is 23.9 Å². The van der Waals surface area contributed by atoms with Gasteiger partial charge in [0.15, 0.2) is 0 Å². The van der Waals surface area contributed by atoms with Crippen LogP contribution in [0.4, 0.5) is 5.69 Å². The number of para-hydroxylation sites is 1. The van der Waals surface area contributed by atoms with Gasteiger partial charge in [0.05, 0.1) is 13.2 Å². The van der Waals surface area contributed by atoms with Crippen molar-refractivity contribution in [1.29, 1.82) is 0 Å². The molecule has 0 aromatic heterocycles. The number of hydrogen-bond donors (Lipinski definition) is 0. The third-order valence-corrected chi connectivity index (χ3v) is 5.24. The van der Waals surface area contributed by atoms with Crippen molar-refractivity contribution in [2.24, 2.45) is 0 Å². The van der Waals surface area contributed by atoms with E-state index in [1.165, 1.54) is 14.0 Å². The van der Waals surface area contributed by atoms with Crippen molar-refractivity contribution >= 4 is 29.4 Å². The van der Waals surface area contributed by atoms with E-state index in [1.54, 1.807) is 41.3 Å². The van der Waals surface area contributed by atoms with Gasteiger partial charge in [0.25, 0.3) is 5.91 Å². The molecule has 2 aromatic carbocycles. The number of anilines is 1. The minimum absolute atomic E-state index is 0.149. The molecule has 2 unspecified atom stereocenters. The van der Waals surface area contributed by atoms with E-state index in [-0.39, 0.29) is 11.9 Å². The molecule has 0 bridgehead atoms. The van der Waals surface area contributed by atoms with Crippen LogP contribution < -0.4 is 4.90 Å². The molecular weight excluding hydrogens is 384 g/mol. The standard InChI is InChI=1S/C23H24N2O5/c1-15-13-20(25(16(2)26)21(27)14-22(28)30-3)18-11-7-8-12-19(18)24(15)23(29)17-9-5-4-6-10-17/h4-12,15,20H,13-14H2,1-3H3. The zero-order valence-electron chi connectivity index (χ0n) is 17.2. The van der Waals surface area contributed by atoms with Crippen LogP contribution in [-0.4, -0.2) is 41.7 Å². The predicted octanol–water partition coefficient (Wildman–Crippen LogP) is 3.10. The second kappa shape index (κ2) is 8.90. The Labute approximate surface area is 175 Å². The van der Waals surface area contributed by atoms with Crippen LogP contribution in [0.1, 0.15) is 48.7 Å². The van der Waals surface area contributed by atoms with Gasteiger partial charge in [-0.1, -0.05) is 36.4 Å². The first-order chi connectivity index (χ1) is 14.3. The second-order valence-corrected chi connectivity index (χ2v) is 7.24. The van der Waals surface area contributed by atoms with E-state index in [2.05, 4.69) is 4.74 Å². The highest BCUT2D eigenvalue weighted by Crippen LogP contribution is 2.41. The Morgan fingerprint density at radius 2 is 1.67 bits per heavy atom. The number of ether oxygens (including phenoxy) is 1. The van der Waals surface area contributed by atoms with Crippen LogP contribution in [0.25, 0.3) is 0 Å². The highest BCUT2D eigenvalue weighted by atomic mass is 16.5.